The first-order chi connectivity index (χ1) is 9.54. The van der Waals surface area contributed by atoms with Gasteiger partial charge in [0, 0.05) is 17.8 Å². The molecule has 3 rings (SSSR count). The highest BCUT2D eigenvalue weighted by atomic mass is 32.1. The highest BCUT2D eigenvalue weighted by Gasteiger charge is 2.43. The van der Waals surface area contributed by atoms with Crippen molar-refractivity contribution >= 4 is 22.2 Å². The molecule has 6 nitrogen and oxygen atoms in total. The molecule has 1 fully saturated rings. The van der Waals surface area contributed by atoms with Crippen molar-refractivity contribution in [3.05, 3.63) is 33.7 Å². The Labute approximate surface area is 119 Å². The molecule has 1 N–H and O–H groups in total. The molecule has 0 bridgehead atoms. The summed E-state index contributed by atoms with van der Waals surface area (Å²) in [7, 11) is 0. The van der Waals surface area contributed by atoms with Crippen molar-refractivity contribution in [2.75, 3.05) is 13.1 Å². The fourth-order valence-corrected chi connectivity index (χ4v) is 3.25. The summed E-state index contributed by atoms with van der Waals surface area (Å²) in [6.45, 7) is 2.56. The summed E-state index contributed by atoms with van der Waals surface area (Å²) in [5, 5.41) is 11.8. The summed E-state index contributed by atoms with van der Waals surface area (Å²) in [5.74, 6) is -0.358. The van der Waals surface area contributed by atoms with Crippen molar-refractivity contribution in [3.63, 3.8) is 0 Å². The predicted molar refractivity (Wildman–Crippen MR) is 75.1 cm³/mol. The van der Waals surface area contributed by atoms with Crippen LogP contribution >= 0.6 is 11.3 Å². The van der Waals surface area contributed by atoms with Crippen LogP contribution in [0.15, 0.2) is 22.6 Å². The molecule has 3 heterocycles. The largest absolute Gasteiger partial charge is 0.386 e. The zero-order valence-corrected chi connectivity index (χ0v) is 11.9. The molecule has 7 heteroatoms. The Bertz CT molecular complexity index is 715. The Balaban J connectivity index is 1.84. The number of amides is 1. The molecule has 1 aliphatic heterocycles. The van der Waals surface area contributed by atoms with Gasteiger partial charge in [0.05, 0.1) is 18.7 Å². The Morgan fingerprint density at radius 2 is 2.30 bits per heavy atom. The van der Waals surface area contributed by atoms with Crippen LogP contribution in [0.5, 0.6) is 0 Å². The number of nitrogens with zero attached hydrogens (tertiary/aromatic N) is 3. The van der Waals surface area contributed by atoms with E-state index in [0.29, 0.717) is 11.4 Å². The summed E-state index contributed by atoms with van der Waals surface area (Å²) in [4.78, 5) is 30.6. The molecule has 0 aromatic carbocycles. The van der Waals surface area contributed by atoms with Gasteiger partial charge in [-0.05, 0) is 6.42 Å². The average Bonchev–Trinajstić information content (AvgIpc) is 2.85. The van der Waals surface area contributed by atoms with Crippen molar-refractivity contribution in [1.29, 1.82) is 0 Å². The SMILES string of the molecule is CCCC1(O)CN(C(=O)c2cnc3sccn3c2=O)C1. The molecular weight excluding hydrogens is 278 g/mol. The highest BCUT2D eigenvalue weighted by molar-refractivity contribution is 7.15. The van der Waals surface area contributed by atoms with Crippen LogP contribution in [0.4, 0.5) is 0 Å². The van der Waals surface area contributed by atoms with Crippen molar-refractivity contribution < 1.29 is 9.90 Å². The maximum absolute atomic E-state index is 12.3. The van der Waals surface area contributed by atoms with Crippen LogP contribution in [-0.4, -0.2) is 44.0 Å². The molecule has 20 heavy (non-hydrogen) atoms. The van der Waals surface area contributed by atoms with Gasteiger partial charge in [0.15, 0.2) is 4.96 Å². The molecule has 0 saturated carbocycles. The van der Waals surface area contributed by atoms with Gasteiger partial charge in [-0.3, -0.25) is 14.0 Å². The zero-order chi connectivity index (χ0) is 14.3. The van der Waals surface area contributed by atoms with Crippen LogP contribution in [0.25, 0.3) is 4.96 Å². The molecule has 0 atom stereocenters. The Morgan fingerprint density at radius 1 is 1.55 bits per heavy atom. The van der Waals surface area contributed by atoms with Crippen molar-refractivity contribution in [2.45, 2.75) is 25.4 Å². The van der Waals surface area contributed by atoms with Gasteiger partial charge in [0.25, 0.3) is 11.5 Å². The summed E-state index contributed by atoms with van der Waals surface area (Å²) in [6, 6.07) is 0. The van der Waals surface area contributed by atoms with E-state index in [1.807, 2.05) is 6.92 Å². The number of hydrogen-bond donors (Lipinski definition) is 1. The average molecular weight is 293 g/mol. The number of aliphatic hydroxyl groups is 1. The van der Waals surface area contributed by atoms with E-state index in [2.05, 4.69) is 4.98 Å². The molecule has 0 unspecified atom stereocenters. The number of carbonyl (C=O) groups excluding carboxylic acids is 1. The molecule has 2 aromatic rings. The predicted octanol–water partition coefficient (Wildman–Crippen LogP) is 0.743. The fourth-order valence-electron chi connectivity index (χ4n) is 2.57. The molecule has 2 aromatic heterocycles. The lowest BCUT2D eigenvalue weighted by Crippen LogP contribution is -2.63. The van der Waals surface area contributed by atoms with Crippen LogP contribution in [0.1, 0.15) is 30.1 Å². The third-order valence-electron chi connectivity index (χ3n) is 3.55. The van der Waals surface area contributed by atoms with E-state index in [1.165, 1.54) is 26.8 Å². The number of carbonyl (C=O) groups is 1. The highest BCUT2D eigenvalue weighted by Crippen LogP contribution is 2.26. The molecule has 1 saturated heterocycles. The minimum atomic E-state index is -0.791. The van der Waals surface area contributed by atoms with Gasteiger partial charge in [0.1, 0.15) is 5.56 Å². The second kappa shape index (κ2) is 4.68. The van der Waals surface area contributed by atoms with Gasteiger partial charge in [-0.2, -0.15) is 0 Å². The number of β-amino-alcohol motifs (C(OH)–C–C–N with tert-alkyl or cyclic N) is 1. The Morgan fingerprint density at radius 3 is 3.00 bits per heavy atom. The molecule has 106 valence electrons. The van der Waals surface area contributed by atoms with Gasteiger partial charge >= 0.3 is 0 Å². The number of rotatable bonds is 3. The summed E-state index contributed by atoms with van der Waals surface area (Å²) < 4.78 is 1.37. The van der Waals surface area contributed by atoms with Crippen LogP contribution in [0.2, 0.25) is 0 Å². The van der Waals surface area contributed by atoms with Crippen molar-refractivity contribution in [2.24, 2.45) is 0 Å². The van der Waals surface area contributed by atoms with E-state index in [1.54, 1.807) is 11.6 Å². The van der Waals surface area contributed by atoms with E-state index in [-0.39, 0.29) is 30.1 Å². The van der Waals surface area contributed by atoms with Crippen molar-refractivity contribution in [1.82, 2.24) is 14.3 Å². The van der Waals surface area contributed by atoms with E-state index in [0.717, 1.165) is 6.42 Å². The molecule has 1 amide bonds. The number of hydrogen-bond acceptors (Lipinski definition) is 5. The Hall–Kier alpha value is -1.73. The number of thiazole rings is 1. The second-order valence-electron chi connectivity index (χ2n) is 5.17. The molecule has 0 aliphatic carbocycles. The number of fused-ring (bicyclic) bond motifs is 1. The van der Waals surface area contributed by atoms with Crippen LogP contribution in [0, 0.1) is 0 Å². The Kier molecular flexibility index (Phi) is 3.10. The summed E-state index contributed by atoms with van der Waals surface area (Å²) in [5.41, 5.74) is -1.09. The number of likely N-dealkylation sites (tertiary alicyclic amines) is 1. The smallest absolute Gasteiger partial charge is 0.271 e. The normalized spacial score (nSPS) is 17.2. The molecule has 0 radical (unpaired) electrons. The minimum Gasteiger partial charge on any atom is -0.386 e. The third kappa shape index (κ3) is 2.03. The lowest BCUT2D eigenvalue weighted by atomic mass is 9.89. The van der Waals surface area contributed by atoms with Crippen LogP contribution < -0.4 is 5.56 Å². The first-order valence-electron chi connectivity index (χ1n) is 6.50. The zero-order valence-electron chi connectivity index (χ0n) is 11.1. The van der Waals surface area contributed by atoms with E-state index in [4.69, 9.17) is 0 Å². The van der Waals surface area contributed by atoms with Crippen molar-refractivity contribution in [3.8, 4) is 0 Å². The van der Waals surface area contributed by atoms with E-state index in [9.17, 15) is 14.7 Å². The quantitative estimate of drug-likeness (QED) is 0.906. The summed E-state index contributed by atoms with van der Waals surface area (Å²) in [6.07, 6.45) is 4.46. The standard InChI is InChI=1S/C13H15N3O3S/c1-2-3-13(19)7-15(8-13)10(17)9-6-14-12-16(11(9)18)4-5-20-12/h4-6,19H,2-3,7-8H2,1H3. The minimum absolute atomic E-state index is 0.0550. The van der Waals surface area contributed by atoms with Gasteiger partial charge in [0.2, 0.25) is 0 Å². The fraction of sp³-hybridized carbons (Fsp3) is 0.462. The van der Waals surface area contributed by atoms with Gasteiger partial charge < -0.3 is 10.0 Å². The number of aromatic nitrogens is 2. The van der Waals surface area contributed by atoms with Crippen LogP contribution in [0.3, 0.4) is 0 Å². The lowest BCUT2D eigenvalue weighted by molar-refractivity contribution is -0.0860. The lowest BCUT2D eigenvalue weighted by Gasteiger charge is -2.46. The van der Waals surface area contributed by atoms with Crippen LogP contribution in [-0.2, 0) is 0 Å². The molecule has 0 spiro atoms. The topological polar surface area (TPSA) is 74.9 Å². The monoisotopic (exact) mass is 293 g/mol. The molecule has 1 aliphatic rings. The van der Waals surface area contributed by atoms with E-state index >= 15 is 0 Å². The third-order valence-corrected chi connectivity index (χ3v) is 4.32. The maximum atomic E-state index is 12.3. The maximum Gasteiger partial charge on any atom is 0.271 e. The van der Waals surface area contributed by atoms with Gasteiger partial charge in [-0.15, -0.1) is 11.3 Å². The van der Waals surface area contributed by atoms with Gasteiger partial charge in [-0.1, -0.05) is 13.3 Å². The van der Waals surface area contributed by atoms with E-state index < -0.39 is 5.60 Å². The molecular formula is C13H15N3O3S. The first-order valence-corrected chi connectivity index (χ1v) is 7.38. The second-order valence-corrected chi connectivity index (χ2v) is 6.04. The first kappa shape index (κ1) is 13.3. The summed E-state index contributed by atoms with van der Waals surface area (Å²) >= 11 is 1.34. The van der Waals surface area contributed by atoms with Gasteiger partial charge in [-0.25, -0.2) is 4.98 Å².